The Morgan fingerprint density at radius 2 is 1.84 bits per heavy atom. The molecule has 1 aromatic heterocycles. The number of carbonyl (C=O) groups excluding carboxylic acids is 3. The maximum Gasteiger partial charge on any atom is 0.272 e. The van der Waals surface area contributed by atoms with Crippen LogP contribution in [0.1, 0.15) is 18.2 Å². The molecule has 1 aliphatic heterocycles. The minimum atomic E-state index is -0.545. The van der Waals surface area contributed by atoms with Gasteiger partial charge in [-0.3, -0.25) is 14.4 Å². The highest BCUT2D eigenvalue weighted by Gasteiger charge is 2.40. The van der Waals surface area contributed by atoms with Gasteiger partial charge in [0.2, 0.25) is 5.91 Å². The number of carbonyl (C=O) groups is 3. The summed E-state index contributed by atoms with van der Waals surface area (Å²) in [4.78, 5) is 39.0. The predicted molar refractivity (Wildman–Crippen MR) is 117 cm³/mol. The van der Waals surface area contributed by atoms with Crippen molar-refractivity contribution in [2.24, 2.45) is 0 Å². The molecule has 3 amide bonds. The number of furan rings is 1. The molecular formula is C23H17FN2O4S. The third-order valence-corrected chi connectivity index (χ3v) is 5.64. The van der Waals surface area contributed by atoms with Crippen LogP contribution >= 0.6 is 11.8 Å². The van der Waals surface area contributed by atoms with Gasteiger partial charge in [0.1, 0.15) is 11.6 Å². The van der Waals surface area contributed by atoms with Gasteiger partial charge in [0, 0.05) is 12.6 Å². The molecule has 0 atom stereocenters. The molecule has 0 radical (unpaired) electrons. The van der Waals surface area contributed by atoms with E-state index in [-0.39, 0.29) is 22.1 Å². The average Bonchev–Trinajstić information content (AvgIpc) is 3.33. The molecule has 0 aliphatic carbocycles. The molecule has 31 heavy (non-hydrogen) atoms. The Hall–Kier alpha value is -3.65. The topological polar surface area (TPSA) is 79.6 Å². The van der Waals surface area contributed by atoms with Gasteiger partial charge in [-0.2, -0.15) is 0 Å². The van der Waals surface area contributed by atoms with Crippen molar-refractivity contribution in [2.45, 2.75) is 12.7 Å². The lowest BCUT2D eigenvalue weighted by molar-refractivity contribution is -0.120. The Kier molecular flexibility index (Phi) is 5.73. The van der Waals surface area contributed by atoms with E-state index in [0.29, 0.717) is 22.8 Å². The highest BCUT2D eigenvalue weighted by Crippen LogP contribution is 2.40. The lowest BCUT2D eigenvalue weighted by atomic mass is 10.1. The Morgan fingerprint density at radius 3 is 2.48 bits per heavy atom. The van der Waals surface area contributed by atoms with Gasteiger partial charge < -0.3 is 9.73 Å². The summed E-state index contributed by atoms with van der Waals surface area (Å²) in [5.74, 6) is -0.812. The first-order valence-electron chi connectivity index (χ1n) is 9.36. The van der Waals surface area contributed by atoms with Gasteiger partial charge >= 0.3 is 0 Å². The minimum absolute atomic E-state index is 0.163. The molecule has 0 fully saturated rings. The summed E-state index contributed by atoms with van der Waals surface area (Å²) in [6, 6.07) is 15.5. The fourth-order valence-corrected chi connectivity index (χ4v) is 4.22. The molecule has 2 heterocycles. The van der Waals surface area contributed by atoms with E-state index in [2.05, 4.69) is 5.32 Å². The number of thioether (sulfide) groups is 1. The van der Waals surface area contributed by atoms with Gasteiger partial charge in [0.15, 0.2) is 0 Å². The lowest BCUT2D eigenvalue weighted by Gasteiger charge is -2.15. The number of rotatable bonds is 6. The van der Waals surface area contributed by atoms with Crippen LogP contribution < -0.4 is 10.2 Å². The van der Waals surface area contributed by atoms with Gasteiger partial charge in [0.25, 0.3) is 11.8 Å². The Balaban J connectivity index is 1.72. The first-order chi connectivity index (χ1) is 14.9. The monoisotopic (exact) mass is 436 g/mol. The maximum absolute atomic E-state index is 13.8. The molecule has 1 aliphatic rings. The molecule has 0 saturated heterocycles. The van der Waals surface area contributed by atoms with Crippen molar-refractivity contribution < 1.29 is 23.2 Å². The van der Waals surface area contributed by atoms with E-state index in [1.165, 1.54) is 43.1 Å². The zero-order valence-corrected chi connectivity index (χ0v) is 17.2. The van der Waals surface area contributed by atoms with Crippen LogP contribution in [0.25, 0.3) is 5.57 Å². The van der Waals surface area contributed by atoms with Crippen molar-refractivity contribution >= 4 is 46.4 Å². The second kappa shape index (κ2) is 8.61. The summed E-state index contributed by atoms with van der Waals surface area (Å²) in [6.45, 7) is 1.40. The number of benzene rings is 2. The smallest absolute Gasteiger partial charge is 0.272 e. The number of halogens is 1. The van der Waals surface area contributed by atoms with Gasteiger partial charge in [0.05, 0.1) is 28.2 Å². The van der Waals surface area contributed by atoms with E-state index in [1.54, 1.807) is 36.4 Å². The maximum atomic E-state index is 13.8. The van der Waals surface area contributed by atoms with Crippen LogP contribution in [-0.4, -0.2) is 17.7 Å². The minimum Gasteiger partial charge on any atom is -0.468 e. The zero-order valence-electron chi connectivity index (χ0n) is 16.4. The number of imide groups is 1. The number of amides is 3. The molecule has 156 valence electrons. The highest BCUT2D eigenvalue weighted by molar-refractivity contribution is 8.03. The molecule has 0 unspecified atom stereocenters. The molecule has 2 aromatic carbocycles. The number of hydrogen-bond acceptors (Lipinski definition) is 5. The van der Waals surface area contributed by atoms with E-state index in [4.69, 9.17) is 4.42 Å². The van der Waals surface area contributed by atoms with Crippen LogP contribution in [0, 0.1) is 5.82 Å². The summed E-state index contributed by atoms with van der Waals surface area (Å²) in [6.07, 6.45) is 1.53. The molecule has 3 aromatic rings. The third kappa shape index (κ3) is 4.29. The van der Waals surface area contributed by atoms with Crippen molar-refractivity contribution in [2.75, 3.05) is 10.2 Å². The highest BCUT2D eigenvalue weighted by atomic mass is 32.2. The molecular weight excluding hydrogens is 419 g/mol. The first-order valence-corrected chi connectivity index (χ1v) is 10.3. The lowest BCUT2D eigenvalue weighted by Crippen LogP contribution is -2.31. The largest absolute Gasteiger partial charge is 0.468 e. The quantitative estimate of drug-likeness (QED) is 0.572. The first kappa shape index (κ1) is 20.6. The fraction of sp³-hybridized carbons (Fsp3) is 0.0870. The Morgan fingerprint density at radius 1 is 1.06 bits per heavy atom. The molecule has 4 rings (SSSR count). The van der Waals surface area contributed by atoms with E-state index < -0.39 is 17.6 Å². The summed E-state index contributed by atoms with van der Waals surface area (Å²) in [5, 5.41) is 2.66. The third-order valence-electron chi connectivity index (χ3n) is 4.54. The van der Waals surface area contributed by atoms with E-state index >= 15 is 0 Å². The number of nitrogens with one attached hydrogen (secondary N) is 1. The predicted octanol–water partition coefficient (Wildman–Crippen LogP) is 4.60. The second-order valence-corrected chi connectivity index (χ2v) is 7.74. The number of nitrogens with zero attached hydrogens (tertiary/aromatic N) is 1. The average molecular weight is 436 g/mol. The van der Waals surface area contributed by atoms with Crippen LogP contribution in [-0.2, 0) is 20.1 Å². The van der Waals surface area contributed by atoms with Gasteiger partial charge in [-0.25, -0.2) is 9.29 Å². The van der Waals surface area contributed by atoms with Crippen LogP contribution in [0.4, 0.5) is 15.8 Å². The van der Waals surface area contributed by atoms with Crippen LogP contribution in [0.5, 0.6) is 0 Å². The molecule has 8 heteroatoms. The van der Waals surface area contributed by atoms with Gasteiger partial charge in [-0.1, -0.05) is 18.2 Å². The standard InChI is InChI=1S/C23H17FN2O4S/c1-14(27)25-17-9-7-15(8-10-17)20-21(31-13-19-6-3-11-30-19)23(29)26(22(20)28)18-5-2-4-16(24)12-18/h2-12H,13H2,1H3,(H,25,27). The Labute approximate surface area is 181 Å². The SMILES string of the molecule is CC(=O)Nc1ccc(C2=C(SCc3ccco3)C(=O)N(c3cccc(F)c3)C2=O)cc1. The fourth-order valence-electron chi connectivity index (χ4n) is 3.21. The normalized spacial score (nSPS) is 13.8. The molecule has 1 N–H and O–H groups in total. The van der Waals surface area contributed by atoms with Crippen LogP contribution in [0.3, 0.4) is 0 Å². The summed E-state index contributed by atoms with van der Waals surface area (Å²) in [7, 11) is 0. The molecule has 0 spiro atoms. The summed E-state index contributed by atoms with van der Waals surface area (Å²) < 4.78 is 19.1. The number of hydrogen-bond donors (Lipinski definition) is 1. The molecule has 0 saturated carbocycles. The van der Waals surface area contributed by atoms with Gasteiger partial charge in [-0.15, -0.1) is 11.8 Å². The van der Waals surface area contributed by atoms with Crippen LogP contribution in [0.2, 0.25) is 0 Å². The van der Waals surface area contributed by atoms with Crippen molar-refractivity contribution in [3.05, 3.63) is 89.0 Å². The molecule has 6 nitrogen and oxygen atoms in total. The van der Waals surface area contributed by atoms with E-state index in [0.717, 1.165) is 11.0 Å². The Bertz CT molecular complexity index is 1190. The van der Waals surface area contributed by atoms with Crippen molar-refractivity contribution in [1.29, 1.82) is 0 Å². The van der Waals surface area contributed by atoms with E-state index in [1.807, 2.05) is 0 Å². The second-order valence-electron chi connectivity index (χ2n) is 6.76. The van der Waals surface area contributed by atoms with Crippen molar-refractivity contribution in [3.63, 3.8) is 0 Å². The summed E-state index contributed by atoms with van der Waals surface area (Å²) in [5.41, 5.74) is 1.48. The summed E-state index contributed by atoms with van der Waals surface area (Å²) >= 11 is 1.18. The number of anilines is 2. The van der Waals surface area contributed by atoms with Crippen molar-refractivity contribution in [1.82, 2.24) is 0 Å². The van der Waals surface area contributed by atoms with Crippen LogP contribution in [0.15, 0.2) is 76.2 Å². The van der Waals surface area contributed by atoms with Gasteiger partial charge in [-0.05, 0) is 48.0 Å². The molecule has 0 bridgehead atoms. The zero-order chi connectivity index (χ0) is 22.0. The van der Waals surface area contributed by atoms with E-state index in [9.17, 15) is 18.8 Å². The van der Waals surface area contributed by atoms with Crippen molar-refractivity contribution in [3.8, 4) is 0 Å².